The molecular formula is C22H20ClFN2O3S. The lowest BCUT2D eigenvalue weighted by atomic mass is 10.1. The quantitative estimate of drug-likeness (QED) is 0.579. The van der Waals surface area contributed by atoms with E-state index in [-0.39, 0.29) is 10.7 Å². The molecule has 0 fully saturated rings. The number of amides is 1. The molecule has 1 amide bonds. The van der Waals surface area contributed by atoms with Crippen LogP contribution in [0.3, 0.4) is 0 Å². The van der Waals surface area contributed by atoms with Crippen molar-refractivity contribution in [1.29, 1.82) is 0 Å². The van der Waals surface area contributed by atoms with Gasteiger partial charge < -0.3 is 5.32 Å². The Kier molecular flexibility index (Phi) is 6.74. The number of sulfonamides is 1. The topological polar surface area (TPSA) is 66.5 Å². The number of benzene rings is 3. The van der Waals surface area contributed by atoms with Crippen LogP contribution in [0.1, 0.15) is 18.5 Å². The molecule has 0 heterocycles. The van der Waals surface area contributed by atoms with E-state index in [0.717, 1.165) is 4.31 Å². The molecule has 8 heteroatoms. The van der Waals surface area contributed by atoms with Gasteiger partial charge in [-0.2, -0.15) is 0 Å². The van der Waals surface area contributed by atoms with Gasteiger partial charge in [0.25, 0.3) is 10.0 Å². The van der Waals surface area contributed by atoms with Crippen molar-refractivity contribution in [3.8, 4) is 0 Å². The second-order valence-electron chi connectivity index (χ2n) is 6.64. The van der Waals surface area contributed by atoms with E-state index in [2.05, 4.69) is 5.32 Å². The summed E-state index contributed by atoms with van der Waals surface area (Å²) in [6, 6.07) is 19.5. The third-order valence-corrected chi connectivity index (χ3v) is 6.52. The number of rotatable bonds is 7. The maximum Gasteiger partial charge on any atom is 0.264 e. The van der Waals surface area contributed by atoms with Crippen LogP contribution in [0.5, 0.6) is 0 Å². The van der Waals surface area contributed by atoms with E-state index in [1.54, 1.807) is 49.4 Å². The monoisotopic (exact) mass is 446 g/mol. The third-order valence-electron chi connectivity index (χ3n) is 4.48. The number of carbonyl (C=O) groups is 1. The molecule has 5 nitrogen and oxygen atoms in total. The van der Waals surface area contributed by atoms with E-state index < -0.39 is 28.5 Å². The summed E-state index contributed by atoms with van der Waals surface area (Å²) in [4.78, 5) is 12.7. The first-order chi connectivity index (χ1) is 14.3. The zero-order valence-corrected chi connectivity index (χ0v) is 17.7. The Bertz CT molecular complexity index is 1110. The molecule has 3 aromatic carbocycles. The highest BCUT2D eigenvalue weighted by molar-refractivity contribution is 7.92. The lowest BCUT2D eigenvalue weighted by Gasteiger charge is -2.25. The van der Waals surface area contributed by atoms with Crippen LogP contribution < -0.4 is 9.62 Å². The summed E-state index contributed by atoms with van der Waals surface area (Å²) in [5.74, 6) is -0.866. The number of para-hydroxylation sites is 1. The Labute approximate surface area is 180 Å². The van der Waals surface area contributed by atoms with Crippen molar-refractivity contribution in [2.24, 2.45) is 0 Å². The number of anilines is 1. The van der Waals surface area contributed by atoms with Crippen LogP contribution in [-0.2, 0) is 14.8 Å². The molecule has 0 aliphatic heterocycles. The Morgan fingerprint density at radius 1 is 1.00 bits per heavy atom. The van der Waals surface area contributed by atoms with E-state index >= 15 is 0 Å². The van der Waals surface area contributed by atoms with Gasteiger partial charge in [-0.3, -0.25) is 9.10 Å². The summed E-state index contributed by atoms with van der Waals surface area (Å²) in [7, 11) is -4.01. The maximum absolute atomic E-state index is 13.2. The van der Waals surface area contributed by atoms with Crippen LogP contribution in [0.15, 0.2) is 83.8 Å². The first kappa shape index (κ1) is 21.8. The normalized spacial score (nSPS) is 12.2. The van der Waals surface area contributed by atoms with Crippen molar-refractivity contribution in [2.45, 2.75) is 17.9 Å². The molecule has 0 saturated heterocycles. The van der Waals surface area contributed by atoms with E-state index in [0.29, 0.717) is 16.3 Å². The lowest BCUT2D eigenvalue weighted by molar-refractivity contribution is -0.120. The van der Waals surface area contributed by atoms with Gasteiger partial charge in [-0.15, -0.1) is 0 Å². The number of nitrogens with one attached hydrogen (secondary N) is 1. The van der Waals surface area contributed by atoms with Crippen LogP contribution >= 0.6 is 11.6 Å². The zero-order valence-electron chi connectivity index (χ0n) is 16.1. The molecule has 0 saturated carbocycles. The van der Waals surface area contributed by atoms with Crippen molar-refractivity contribution in [3.05, 3.63) is 95.3 Å². The van der Waals surface area contributed by atoms with Crippen molar-refractivity contribution in [1.82, 2.24) is 5.32 Å². The molecule has 0 spiro atoms. The van der Waals surface area contributed by atoms with E-state index in [1.165, 1.54) is 36.4 Å². The molecule has 0 aliphatic carbocycles. The minimum Gasteiger partial charge on any atom is -0.348 e. The minimum absolute atomic E-state index is 0.0233. The third kappa shape index (κ3) is 5.17. The van der Waals surface area contributed by atoms with Gasteiger partial charge in [0, 0.05) is 5.02 Å². The molecule has 3 aromatic rings. The number of halogens is 2. The highest BCUT2D eigenvalue weighted by atomic mass is 35.5. The lowest BCUT2D eigenvalue weighted by Crippen LogP contribution is -2.41. The average Bonchev–Trinajstić information content (AvgIpc) is 2.73. The van der Waals surface area contributed by atoms with Gasteiger partial charge in [0.1, 0.15) is 12.4 Å². The summed E-state index contributed by atoms with van der Waals surface area (Å²) < 4.78 is 40.6. The highest BCUT2D eigenvalue weighted by Gasteiger charge is 2.27. The Hall–Kier alpha value is -2.90. The first-order valence-electron chi connectivity index (χ1n) is 9.15. The minimum atomic E-state index is -4.01. The van der Waals surface area contributed by atoms with Gasteiger partial charge in [0.05, 0.1) is 16.6 Å². The molecule has 30 heavy (non-hydrogen) atoms. The van der Waals surface area contributed by atoms with Crippen molar-refractivity contribution >= 4 is 33.2 Å². The SMILES string of the molecule is C[C@@H](NC(=O)CN(c1ccccc1)S(=O)(=O)c1ccc(Cl)cc1)c1ccc(F)cc1. The fourth-order valence-electron chi connectivity index (χ4n) is 2.90. The van der Waals surface area contributed by atoms with Gasteiger partial charge in [-0.1, -0.05) is 41.9 Å². The largest absolute Gasteiger partial charge is 0.348 e. The number of carbonyl (C=O) groups excluding carboxylic acids is 1. The summed E-state index contributed by atoms with van der Waals surface area (Å²) in [5.41, 5.74) is 1.06. The van der Waals surface area contributed by atoms with Gasteiger partial charge in [-0.05, 0) is 61.0 Å². The fourth-order valence-corrected chi connectivity index (χ4v) is 4.44. The van der Waals surface area contributed by atoms with Gasteiger partial charge in [0.2, 0.25) is 5.91 Å². The Balaban J connectivity index is 1.85. The molecule has 0 aliphatic rings. The van der Waals surface area contributed by atoms with Crippen LogP contribution in [0.4, 0.5) is 10.1 Å². The molecule has 1 N–H and O–H groups in total. The van der Waals surface area contributed by atoms with Crippen LogP contribution in [0, 0.1) is 5.82 Å². The predicted molar refractivity (Wildman–Crippen MR) is 115 cm³/mol. The van der Waals surface area contributed by atoms with Gasteiger partial charge in [-0.25, -0.2) is 12.8 Å². The van der Waals surface area contributed by atoms with E-state index in [4.69, 9.17) is 11.6 Å². The molecule has 3 rings (SSSR count). The summed E-state index contributed by atoms with van der Waals surface area (Å²) >= 11 is 5.87. The Morgan fingerprint density at radius 3 is 2.20 bits per heavy atom. The number of hydrogen-bond donors (Lipinski definition) is 1. The second-order valence-corrected chi connectivity index (χ2v) is 8.94. The highest BCUT2D eigenvalue weighted by Crippen LogP contribution is 2.24. The average molecular weight is 447 g/mol. The van der Waals surface area contributed by atoms with Gasteiger partial charge >= 0.3 is 0 Å². The van der Waals surface area contributed by atoms with Crippen molar-refractivity contribution in [2.75, 3.05) is 10.8 Å². The van der Waals surface area contributed by atoms with Crippen LogP contribution in [-0.4, -0.2) is 20.9 Å². The smallest absolute Gasteiger partial charge is 0.264 e. The molecular weight excluding hydrogens is 427 g/mol. The standard InChI is InChI=1S/C22H20ClFN2O3S/c1-16(17-7-11-19(24)12-8-17)25-22(27)15-26(20-5-3-2-4-6-20)30(28,29)21-13-9-18(23)10-14-21/h2-14,16H,15H2,1H3,(H,25,27)/t16-/m1/s1. The van der Waals surface area contributed by atoms with Crippen molar-refractivity contribution < 1.29 is 17.6 Å². The van der Waals surface area contributed by atoms with E-state index in [9.17, 15) is 17.6 Å². The molecule has 0 bridgehead atoms. The zero-order chi connectivity index (χ0) is 21.7. The molecule has 1 atom stereocenters. The molecule has 0 unspecified atom stereocenters. The molecule has 0 radical (unpaired) electrons. The second kappa shape index (κ2) is 9.28. The van der Waals surface area contributed by atoms with Crippen LogP contribution in [0.2, 0.25) is 5.02 Å². The summed E-state index contributed by atoms with van der Waals surface area (Å²) in [6.07, 6.45) is 0. The maximum atomic E-state index is 13.2. The van der Waals surface area contributed by atoms with Gasteiger partial charge in [0.15, 0.2) is 0 Å². The molecule has 156 valence electrons. The summed E-state index contributed by atoms with van der Waals surface area (Å²) in [6.45, 7) is 1.33. The molecule has 0 aromatic heterocycles. The predicted octanol–water partition coefficient (Wildman–Crippen LogP) is 4.55. The van der Waals surface area contributed by atoms with Crippen molar-refractivity contribution in [3.63, 3.8) is 0 Å². The number of hydrogen-bond acceptors (Lipinski definition) is 3. The number of nitrogens with zero attached hydrogens (tertiary/aromatic N) is 1. The first-order valence-corrected chi connectivity index (χ1v) is 11.0. The fraction of sp³-hybridized carbons (Fsp3) is 0.136. The Morgan fingerprint density at radius 2 is 1.60 bits per heavy atom. The van der Waals surface area contributed by atoms with Crippen LogP contribution in [0.25, 0.3) is 0 Å². The van der Waals surface area contributed by atoms with E-state index in [1.807, 2.05) is 0 Å². The summed E-state index contributed by atoms with van der Waals surface area (Å²) in [5, 5.41) is 3.17.